The summed E-state index contributed by atoms with van der Waals surface area (Å²) in [5.41, 5.74) is 1.93. The lowest BCUT2D eigenvalue weighted by molar-refractivity contribution is 0.475. The summed E-state index contributed by atoms with van der Waals surface area (Å²) in [5, 5.41) is 9.47. The fourth-order valence-electron chi connectivity index (χ4n) is 3.91. The van der Waals surface area contributed by atoms with Crippen LogP contribution in [-0.4, -0.2) is 28.2 Å². The van der Waals surface area contributed by atoms with Crippen LogP contribution < -0.4 is 16.1 Å². The van der Waals surface area contributed by atoms with Crippen molar-refractivity contribution in [2.75, 3.05) is 18.0 Å². The van der Waals surface area contributed by atoms with Crippen molar-refractivity contribution >= 4 is 5.82 Å². The number of phenols is 1. The molecule has 6 heteroatoms. The number of anilines is 1. The Morgan fingerprint density at radius 3 is 2.29 bits per heavy atom. The van der Waals surface area contributed by atoms with Crippen LogP contribution >= 0.6 is 0 Å². The second-order valence-electron chi connectivity index (χ2n) is 7.25. The highest BCUT2D eigenvalue weighted by Crippen LogP contribution is 2.30. The molecule has 1 saturated heterocycles. The van der Waals surface area contributed by atoms with Crippen molar-refractivity contribution in [2.24, 2.45) is 0 Å². The number of hydrogen-bond acceptors (Lipinski definition) is 4. The van der Waals surface area contributed by atoms with Gasteiger partial charge >= 0.3 is 5.69 Å². The van der Waals surface area contributed by atoms with Gasteiger partial charge in [0.2, 0.25) is 0 Å². The molecule has 0 amide bonds. The van der Waals surface area contributed by atoms with Gasteiger partial charge in [-0.15, -0.1) is 0 Å². The van der Waals surface area contributed by atoms with Crippen molar-refractivity contribution in [3.05, 3.63) is 92.1 Å². The molecule has 1 fully saturated rings. The van der Waals surface area contributed by atoms with Crippen molar-refractivity contribution < 1.29 is 5.11 Å². The summed E-state index contributed by atoms with van der Waals surface area (Å²) in [6.07, 6.45) is 2.33. The van der Waals surface area contributed by atoms with Crippen molar-refractivity contribution in [1.82, 2.24) is 9.97 Å². The Labute approximate surface area is 162 Å². The molecule has 0 bridgehead atoms. The summed E-state index contributed by atoms with van der Waals surface area (Å²) in [7, 11) is 0. The fraction of sp³-hybridized carbons (Fsp3) is 0.273. The Balaban J connectivity index is 1.58. The molecular weight excluding hydrogens is 354 g/mol. The van der Waals surface area contributed by atoms with E-state index in [-0.39, 0.29) is 11.3 Å². The highest BCUT2D eigenvalue weighted by atomic mass is 16.3. The summed E-state index contributed by atoms with van der Waals surface area (Å²) >= 11 is 0. The van der Waals surface area contributed by atoms with Crippen LogP contribution in [0.3, 0.4) is 0 Å². The average Bonchev–Trinajstić information content (AvgIpc) is 2.72. The number of aromatic amines is 2. The highest BCUT2D eigenvalue weighted by molar-refractivity contribution is 5.48. The molecule has 3 N–H and O–H groups in total. The molecule has 4 rings (SSSR count). The number of piperidine rings is 1. The van der Waals surface area contributed by atoms with Crippen LogP contribution in [0.2, 0.25) is 0 Å². The van der Waals surface area contributed by atoms with E-state index in [1.807, 2.05) is 6.07 Å². The van der Waals surface area contributed by atoms with Gasteiger partial charge in [-0.1, -0.05) is 42.5 Å². The quantitative estimate of drug-likeness (QED) is 0.652. The van der Waals surface area contributed by atoms with Crippen LogP contribution in [0, 0.1) is 0 Å². The van der Waals surface area contributed by atoms with E-state index in [0.29, 0.717) is 23.7 Å². The maximum Gasteiger partial charge on any atom is 0.327 e. The molecule has 1 aliphatic heterocycles. The predicted molar refractivity (Wildman–Crippen MR) is 109 cm³/mol. The molecule has 1 aliphatic rings. The third-order valence-corrected chi connectivity index (χ3v) is 5.42. The monoisotopic (exact) mass is 377 g/mol. The normalized spacial score (nSPS) is 14.9. The fourth-order valence-corrected chi connectivity index (χ4v) is 3.91. The van der Waals surface area contributed by atoms with Crippen LogP contribution in [0.4, 0.5) is 5.82 Å². The van der Waals surface area contributed by atoms with Gasteiger partial charge in [0.15, 0.2) is 0 Å². The maximum absolute atomic E-state index is 12.5. The average molecular weight is 377 g/mol. The molecule has 144 valence electrons. The molecule has 2 aromatic carbocycles. The largest absolute Gasteiger partial charge is 0.508 e. The van der Waals surface area contributed by atoms with Crippen LogP contribution in [0.15, 0.2) is 64.2 Å². The Kier molecular flexibility index (Phi) is 5.02. The summed E-state index contributed by atoms with van der Waals surface area (Å²) in [6.45, 7) is 1.56. The van der Waals surface area contributed by atoms with Gasteiger partial charge in [0.1, 0.15) is 11.6 Å². The first kappa shape index (κ1) is 18.1. The Morgan fingerprint density at radius 2 is 1.61 bits per heavy atom. The Hall–Kier alpha value is -3.28. The van der Waals surface area contributed by atoms with E-state index < -0.39 is 5.69 Å². The lowest BCUT2D eigenvalue weighted by Crippen LogP contribution is -2.38. The number of aromatic nitrogens is 2. The van der Waals surface area contributed by atoms with Crippen molar-refractivity contribution in [3.63, 3.8) is 0 Å². The number of benzene rings is 2. The van der Waals surface area contributed by atoms with Gasteiger partial charge in [-0.05, 0) is 42.0 Å². The van der Waals surface area contributed by atoms with Gasteiger partial charge < -0.3 is 10.0 Å². The minimum absolute atomic E-state index is 0.183. The van der Waals surface area contributed by atoms with Crippen LogP contribution in [0.25, 0.3) is 0 Å². The molecule has 0 unspecified atom stereocenters. The number of nitrogens with one attached hydrogen (secondary N) is 2. The van der Waals surface area contributed by atoms with Gasteiger partial charge in [0.05, 0.1) is 5.56 Å². The second kappa shape index (κ2) is 7.76. The zero-order valence-corrected chi connectivity index (χ0v) is 15.5. The van der Waals surface area contributed by atoms with Gasteiger partial charge in [0.25, 0.3) is 5.56 Å². The topological polar surface area (TPSA) is 89.2 Å². The SMILES string of the molecule is O=c1[nH]c(N2CCC(c3ccccc3)CC2)c(Cc2ccc(O)cc2)c(=O)[nH]1. The van der Waals surface area contributed by atoms with Crippen molar-refractivity contribution in [3.8, 4) is 5.75 Å². The minimum Gasteiger partial charge on any atom is -0.508 e. The van der Waals surface area contributed by atoms with Gasteiger partial charge in [-0.25, -0.2) is 4.79 Å². The van der Waals surface area contributed by atoms with E-state index in [0.717, 1.165) is 31.5 Å². The summed E-state index contributed by atoms with van der Waals surface area (Å²) < 4.78 is 0. The van der Waals surface area contributed by atoms with E-state index in [2.05, 4.69) is 39.1 Å². The van der Waals surface area contributed by atoms with E-state index in [4.69, 9.17) is 0 Å². The molecule has 0 aliphatic carbocycles. The molecule has 0 saturated carbocycles. The van der Waals surface area contributed by atoms with E-state index in [1.165, 1.54) is 5.56 Å². The van der Waals surface area contributed by atoms with Crippen LogP contribution in [0.5, 0.6) is 5.75 Å². The Morgan fingerprint density at radius 1 is 0.929 bits per heavy atom. The minimum atomic E-state index is -0.486. The van der Waals surface area contributed by atoms with Gasteiger partial charge in [0, 0.05) is 19.5 Å². The smallest absolute Gasteiger partial charge is 0.327 e. The molecule has 2 heterocycles. The molecular formula is C22H23N3O3. The third kappa shape index (κ3) is 3.86. The zero-order chi connectivity index (χ0) is 19.5. The van der Waals surface area contributed by atoms with E-state index >= 15 is 0 Å². The standard InChI is InChI=1S/C22H23N3O3/c26-18-8-6-15(7-9-18)14-19-20(23-22(28)24-21(19)27)25-12-10-17(11-13-25)16-4-2-1-3-5-16/h1-9,17,26H,10-14H2,(H2,23,24,27,28). The molecule has 0 atom stereocenters. The maximum atomic E-state index is 12.5. The second-order valence-corrected chi connectivity index (χ2v) is 7.25. The summed E-state index contributed by atoms with van der Waals surface area (Å²) in [4.78, 5) is 31.7. The van der Waals surface area contributed by atoms with Gasteiger partial charge in [-0.3, -0.25) is 14.8 Å². The zero-order valence-electron chi connectivity index (χ0n) is 15.5. The highest BCUT2D eigenvalue weighted by Gasteiger charge is 2.24. The lowest BCUT2D eigenvalue weighted by Gasteiger charge is -2.34. The molecule has 3 aromatic rings. The first-order chi connectivity index (χ1) is 13.6. The summed E-state index contributed by atoms with van der Waals surface area (Å²) in [6, 6.07) is 17.2. The summed E-state index contributed by atoms with van der Waals surface area (Å²) in [5.74, 6) is 1.28. The van der Waals surface area contributed by atoms with E-state index in [9.17, 15) is 14.7 Å². The number of hydrogen-bond donors (Lipinski definition) is 3. The number of nitrogens with zero attached hydrogens (tertiary/aromatic N) is 1. The lowest BCUT2D eigenvalue weighted by atomic mass is 9.89. The molecule has 0 spiro atoms. The predicted octanol–water partition coefficient (Wildman–Crippen LogP) is 2.74. The van der Waals surface area contributed by atoms with Crippen LogP contribution in [0.1, 0.15) is 35.4 Å². The molecule has 6 nitrogen and oxygen atoms in total. The van der Waals surface area contributed by atoms with Crippen molar-refractivity contribution in [1.29, 1.82) is 0 Å². The molecule has 1 aromatic heterocycles. The number of H-pyrrole nitrogens is 2. The Bertz CT molecular complexity index is 1050. The molecule has 0 radical (unpaired) electrons. The number of rotatable bonds is 4. The number of phenolic OH excluding ortho intramolecular Hbond substituents is 1. The van der Waals surface area contributed by atoms with Gasteiger partial charge in [-0.2, -0.15) is 0 Å². The first-order valence-corrected chi connectivity index (χ1v) is 9.53. The third-order valence-electron chi connectivity index (χ3n) is 5.42. The number of aromatic hydroxyl groups is 1. The van der Waals surface area contributed by atoms with E-state index in [1.54, 1.807) is 24.3 Å². The molecule has 28 heavy (non-hydrogen) atoms. The van der Waals surface area contributed by atoms with Crippen LogP contribution in [-0.2, 0) is 6.42 Å². The first-order valence-electron chi connectivity index (χ1n) is 9.53. The van der Waals surface area contributed by atoms with Crippen molar-refractivity contribution in [2.45, 2.75) is 25.2 Å².